The molecule has 0 radical (unpaired) electrons. The summed E-state index contributed by atoms with van der Waals surface area (Å²) >= 11 is 0. The first-order valence-corrected chi connectivity index (χ1v) is 4.87. The highest BCUT2D eigenvalue weighted by Crippen LogP contribution is 2.33. The van der Waals surface area contributed by atoms with Crippen LogP contribution in [0.5, 0.6) is 0 Å². The maximum Gasteiger partial charge on any atom is 0.309 e. The van der Waals surface area contributed by atoms with Crippen LogP contribution in [0.1, 0.15) is 38.1 Å². The maximum atomic E-state index is 11.1. The SMILES string of the molecule is Cc1cnc(C(C)C(C)(C)C(=O)O)cn1. The molecule has 1 aromatic heterocycles. The predicted octanol–water partition coefficient (Wildman–Crippen LogP) is 2.00. The third-order valence-electron chi connectivity index (χ3n) is 2.88. The van der Waals surface area contributed by atoms with Gasteiger partial charge in [-0.15, -0.1) is 0 Å². The van der Waals surface area contributed by atoms with Crippen LogP contribution in [0.15, 0.2) is 12.4 Å². The lowest BCUT2D eigenvalue weighted by atomic mass is 9.78. The standard InChI is InChI=1S/C11H16N2O2/c1-7-5-13-9(6-12-7)8(2)11(3,4)10(14)15/h5-6,8H,1-4H3,(H,14,15). The number of hydrogen-bond acceptors (Lipinski definition) is 3. The van der Waals surface area contributed by atoms with Crippen molar-refractivity contribution in [3.63, 3.8) is 0 Å². The minimum Gasteiger partial charge on any atom is -0.481 e. The molecule has 0 bridgehead atoms. The van der Waals surface area contributed by atoms with E-state index in [9.17, 15) is 4.79 Å². The molecule has 0 aliphatic rings. The number of aromatic nitrogens is 2. The summed E-state index contributed by atoms with van der Waals surface area (Å²) in [4.78, 5) is 19.4. The molecule has 0 saturated carbocycles. The summed E-state index contributed by atoms with van der Waals surface area (Å²) in [5.74, 6) is -0.986. The van der Waals surface area contributed by atoms with Crippen LogP contribution in [0.4, 0.5) is 0 Å². The van der Waals surface area contributed by atoms with E-state index in [-0.39, 0.29) is 5.92 Å². The van der Waals surface area contributed by atoms with Crippen molar-refractivity contribution in [2.75, 3.05) is 0 Å². The van der Waals surface area contributed by atoms with Crippen LogP contribution < -0.4 is 0 Å². The van der Waals surface area contributed by atoms with Gasteiger partial charge in [0, 0.05) is 18.3 Å². The van der Waals surface area contributed by atoms with Gasteiger partial charge in [-0.2, -0.15) is 0 Å². The second-order valence-electron chi connectivity index (χ2n) is 4.33. The Morgan fingerprint density at radius 3 is 2.40 bits per heavy atom. The largest absolute Gasteiger partial charge is 0.481 e. The summed E-state index contributed by atoms with van der Waals surface area (Å²) in [6.45, 7) is 7.10. The third kappa shape index (κ3) is 2.32. The second-order valence-corrected chi connectivity index (χ2v) is 4.33. The molecule has 1 atom stereocenters. The van der Waals surface area contributed by atoms with Crippen molar-refractivity contribution in [3.05, 3.63) is 23.8 Å². The first-order chi connectivity index (χ1) is 6.85. The van der Waals surface area contributed by atoms with Gasteiger partial charge in [0.1, 0.15) is 0 Å². The predicted molar refractivity (Wildman–Crippen MR) is 56.6 cm³/mol. The van der Waals surface area contributed by atoms with Gasteiger partial charge in [0.15, 0.2) is 0 Å². The molecule has 0 spiro atoms. The lowest BCUT2D eigenvalue weighted by molar-refractivity contribution is -0.148. The van der Waals surface area contributed by atoms with Crippen molar-refractivity contribution >= 4 is 5.97 Å². The van der Waals surface area contributed by atoms with Gasteiger partial charge >= 0.3 is 5.97 Å². The summed E-state index contributed by atoms with van der Waals surface area (Å²) < 4.78 is 0. The van der Waals surface area contributed by atoms with Crippen LogP contribution in [-0.4, -0.2) is 21.0 Å². The Bertz CT molecular complexity index is 357. The monoisotopic (exact) mass is 208 g/mol. The van der Waals surface area contributed by atoms with Crippen molar-refractivity contribution in [1.29, 1.82) is 0 Å². The summed E-state index contributed by atoms with van der Waals surface area (Å²) in [6, 6.07) is 0. The van der Waals surface area contributed by atoms with Crippen LogP contribution in [0.25, 0.3) is 0 Å². The molecule has 82 valence electrons. The molecular formula is C11H16N2O2. The number of nitrogens with zero attached hydrogens (tertiary/aromatic N) is 2. The van der Waals surface area contributed by atoms with E-state index >= 15 is 0 Å². The molecule has 4 heteroatoms. The summed E-state index contributed by atoms with van der Waals surface area (Å²) in [7, 11) is 0. The Hall–Kier alpha value is -1.45. The van der Waals surface area contributed by atoms with Crippen molar-refractivity contribution in [2.24, 2.45) is 5.41 Å². The Balaban J connectivity index is 2.99. The van der Waals surface area contributed by atoms with Gasteiger partial charge in [-0.05, 0) is 20.8 Å². The van der Waals surface area contributed by atoms with Gasteiger partial charge in [0.05, 0.1) is 16.8 Å². The number of aliphatic carboxylic acids is 1. The van der Waals surface area contributed by atoms with Gasteiger partial charge in [-0.3, -0.25) is 14.8 Å². The highest BCUT2D eigenvalue weighted by molar-refractivity contribution is 5.74. The number of carbonyl (C=O) groups is 1. The molecule has 1 heterocycles. The highest BCUT2D eigenvalue weighted by atomic mass is 16.4. The smallest absolute Gasteiger partial charge is 0.309 e. The fraction of sp³-hybridized carbons (Fsp3) is 0.545. The first kappa shape index (κ1) is 11.6. The Labute approximate surface area is 89.4 Å². The first-order valence-electron chi connectivity index (χ1n) is 4.87. The molecule has 0 fully saturated rings. The second kappa shape index (κ2) is 3.96. The zero-order valence-corrected chi connectivity index (χ0v) is 9.48. The van der Waals surface area contributed by atoms with Gasteiger partial charge < -0.3 is 5.11 Å². The van der Waals surface area contributed by atoms with Crippen LogP contribution in [0, 0.1) is 12.3 Å². The Morgan fingerprint density at radius 1 is 1.40 bits per heavy atom. The van der Waals surface area contributed by atoms with E-state index in [1.54, 1.807) is 26.2 Å². The topological polar surface area (TPSA) is 63.1 Å². The van der Waals surface area contributed by atoms with E-state index in [4.69, 9.17) is 5.11 Å². The fourth-order valence-electron chi connectivity index (χ4n) is 1.18. The van der Waals surface area contributed by atoms with Crippen LogP contribution in [0.3, 0.4) is 0 Å². The minimum absolute atomic E-state index is 0.164. The molecule has 0 aromatic carbocycles. The Morgan fingerprint density at radius 2 is 2.00 bits per heavy atom. The third-order valence-corrected chi connectivity index (χ3v) is 2.88. The van der Waals surface area contributed by atoms with Crippen LogP contribution in [0.2, 0.25) is 0 Å². The lowest BCUT2D eigenvalue weighted by Crippen LogP contribution is -2.30. The van der Waals surface area contributed by atoms with Gasteiger partial charge in [-0.25, -0.2) is 0 Å². The van der Waals surface area contributed by atoms with E-state index in [2.05, 4.69) is 9.97 Å². The molecule has 15 heavy (non-hydrogen) atoms. The number of hydrogen-bond donors (Lipinski definition) is 1. The molecular weight excluding hydrogens is 192 g/mol. The van der Waals surface area contributed by atoms with Crippen LogP contribution in [-0.2, 0) is 4.79 Å². The molecule has 1 rings (SSSR count). The summed E-state index contributed by atoms with van der Waals surface area (Å²) in [5.41, 5.74) is 0.719. The number of aryl methyl sites for hydroxylation is 1. The summed E-state index contributed by atoms with van der Waals surface area (Å²) in [5, 5.41) is 9.08. The van der Waals surface area contributed by atoms with Gasteiger partial charge in [-0.1, -0.05) is 6.92 Å². The molecule has 1 unspecified atom stereocenters. The molecule has 0 aliphatic carbocycles. The fourth-order valence-corrected chi connectivity index (χ4v) is 1.18. The number of rotatable bonds is 3. The number of carboxylic acid groups (broad SMARTS) is 1. The highest BCUT2D eigenvalue weighted by Gasteiger charge is 2.35. The minimum atomic E-state index is -0.829. The van der Waals surface area contributed by atoms with E-state index in [0.29, 0.717) is 5.69 Å². The van der Waals surface area contributed by atoms with Crippen molar-refractivity contribution < 1.29 is 9.90 Å². The zero-order valence-electron chi connectivity index (χ0n) is 9.48. The van der Waals surface area contributed by atoms with E-state index < -0.39 is 11.4 Å². The molecule has 0 saturated heterocycles. The quantitative estimate of drug-likeness (QED) is 0.825. The molecule has 0 aliphatic heterocycles. The molecule has 0 amide bonds. The average molecular weight is 208 g/mol. The van der Waals surface area contributed by atoms with E-state index in [1.165, 1.54) is 0 Å². The normalized spacial score (nSPS) is 13.6. The lowest BCUT2D eigenvalue weighted by Gasteiger charge is -2.26. The molecule has 1 aromatic rings. The van der Waals surface area contributed by atoms with E-state index in [1.807, 2.05) is 13.8 Å². The maximum absolute atomic E-state index is 11.1. The molecule has 1 N–H and O–H groups in total. The zero-order chi connectivity index (χ0) is 11.6. The average Bonchev–Trinajstić information content (AvgIpc) is 2.17. The number of carboxylic acids is 1. The van der Waals surface area contributed by atoms with Crippen molar-refractivity contribution in [2.45, 2.75) is 33.6 Å². The van der Waals surface area contributed by atoms with Crippen molar-refractivity contribution in [1.82, 2.24) is 9.97 Å². The molecule has 4 nitrogen and oxygen atoms in total. The van der Waals surface area contributed by atoms with Gasteiger partial charge in [0.25, 0.3) is 0 Å². The Kier molecular flexibility index (Phi) is 3.07. The van der Waals surface area contributed by atoms with Crippen LogP contribution >= 0.6 is 0 Å². The van der Waals surface area contributed by atoms with E-state index in [0.717, 1.165) is 5.69 Å². The van der Waals surface area contributed by atoms with Crippen molar-refractivity contribution in [3.8, 4) is 0 Å². The summed E-state index contributed by atoms with van der Waals surface area (Å²) in [6.07, 6.45) is 3.30. The van der Waals surface area contributed by atoms with Gasteiger partial charge in [0.2, 0.25) is 0 Å².